The summed E-state index contributed by atoms with van der Waals surface area (Å²) in [4.78, 5) is 35.3. The molecule has 1 aliphatic rings. The molecule has 7 heteroatoms. The molecule has 7 nitrogen and oxygen atoms in total. The average molecular weight is 373 g/mol. The van der Waals surface area contributed by atoms with Crippen molar-refractivity contribution in [1.29, 1.82) is 0 Å². The largest absolute Gasteiger partial charge is 0.465 e. The molecule has 146 valence electrons. The molecule has 2 aromatic rings. The van der Waals surface area contributed by atoms with Gasteiger partial charge in [-0.3, -0.25) is 14.5 Å². The number of carboxylic acid groups (broad SMARTS) is 1. The topological polar surface area (TPSA) is 85.9 Å². The van der Waals surface area contributed by atoms with Crippen molar-refractivity contribution in [2.45, 2.75) is 51.6 Å². The van der Waals surface area contributed by atoms with E-state index in [-0.39, 0.29) is 12.3 Å². The van der Waals surface area contributed by atoms with Gasteiger partial charge in [0.25, 0.3) is 5.91 Å². The second kappa shape index (κ2) is 7.60. The van der Waals surface area contributed by atoms with Gasteiger partial charge in [0.05, 0.1) is 6.61 Å². The summed E-state index contributed by atoms with van der Waals surface area (Å²) in [6.07, 6.45) is 2.78. The van der Waals surface area contributed by atoms with Crippen LogP contribution in [-0.4, -0.2) is 56.8 Å². The molecule has 2 heterocycles. The lowest BCUT2D eigenvalue weighted by molar-refractivity contribution is -0.202. The van der Waals surface area contributed by atoms with Gasteiger partial charge >= 0.3 is 6.09 Å². The number of para-hydroxylation sites is 1. The number of nitrogens with one attached hydrogen (secondary N) is 1. The number of amides is 2. The van der Waals surface area contributed by atoms with Crippen LogP contribution in [0.5, 0.6) is 0 Å². The molecule has 1 fully saturated rings. The predicted octanol–water partition coefficient (Wildman–Crippen LogP) is 3.41. The van der Waals surface area contributed by atoms with E-state index in [1.165, 1.54) is 9.96 Å². The Kier molecular flexibility index (Phi) is 5.41. The summed E-state index contributed by atoms with van der Waals surface area (Å²) in [5.41, 5.74) is 1.15. The molecule has 0 bridgehead atoms. The Balaban J connectivity index is 1.98. The third kappa shape index (κ3) is 4.08. The van der Waals surface area contributed by atoms with Crippen LogP contribution in [0.25, 0.3) is 10.9 Å². The van der Waals surface area contributed by atoms with E-state index in [9.17, 15) is 14.7 Å². The van der Waals surface area contributed by atoms with Crippen molar-refractivity contribution < 1.29 is 19.5 Å². The molecule has 0 radical (unpaired) electrons. The highest BCUT2D eigenvalue weighted by Gasteiger charge is 2.40. The van der Waals surface area contributed by atoms with Gasteiger partial charge in [-0.2, -0.15) is 0 Å². The van der Waals surface area contributed by atoms with E-state index in [2.05, 4.69) is 4.98 Å². The van der Waals surface area contributed by atoms with Crippen molar-refractivity contribution >= 4 is 22.9 Å². The summed E-state index contributed by atoms with van der Waals surface area (Å²) in [6, 6.07) is 6.94. The summed E-state index contributed by atoms with van der Waals surface area (Å²) in [5, 5.41) is 12.2. The zero-order valence-electron chi connectivity index (χ0n) is 16.1. The fraction of sp³-hybridized carbons (Fsp3) is 0.500. The van der Waals surface area contributed by atoms with Crippen LogP contribution in [0.3, 0.4) is 0 Å². The summed E-state index contributed by atoms with van der Waals surface area (Å²) in [5.74, 6) is -0.308. The SMILES string of the molecule is CC(C)(C)N(C(=O)O)[C@@H](Cc1c[nH]c2ccccc12)C(=O)N1CCCCO1. The van der Waals surface area contributed by atoms with Gasteiger partial charge in [-0.25, -0.2) is 9.86 Å². The van der Waals surface area contributed by atoms with Gasteiger partial charge in [-0.15, -0.1) is 0 Å². The minimum atomic E-state index is -1.11. The van der Waals surface area contributed by atoms with Gasteiger partial charge in [-0.1, -0.05) is 18.2 Å². The Morgan fingerprint density at radius 3 is 2.67 bits per heavy atom. The van der Waals surface area contributed by atoms with Crippen molar-refractivity contribution in [3.63, 3.8) is 0 Å². The minimum Gasteiger partial charge on any atom is -0.465 e. The molecule has 1 aromatic carbocycles. The van der Waals surface area contributed by atoms with Crippen molar-refractivity contribution in [3.8, 4) is 0 Å². The molecule has 2 amide bonds. The Hall–Kier alpha value is -2.54. The molecule has 0 spiro atoms. The van der Waals surface area contributed by atoms with E-state index < -0.39 is 17.7 Å². The van der Waals surface area contributed by atoms with Crippen molar-refractivity contribution in [3.05, 3.63) is 36.0 Å². The zero-order valence-corrected chi connectivity index (χ0v) is 16.1. The van der Waals surface area contributed by atoms with E-state index in [1.807, 2.05) is 30.5 Å². The maximum atomic E-state index is 13.2. The molecule has 1 saturated heterocycles. The number of benzene rings is 1. The molecule has 0 aliphatic carbocycles. The Bertz CT molecular complexity index is 818. The van der Waals surface area contributed by atoms with E-state index >= 15 is 0 Å². The normalized spacial score (nSPS) is 16.3. The third-order valence-electron chi connectivity index (χ3n) is 4.86. The highest BCUT2D eigenvalue weighted by Crippen LogP contribution is 2.26. The van der Waals surface area contributed by atoms with E-state index in [0.717, 1.165) is 29.3 Å². The van der Waals surface area contributed by atoms with Crippen LogP contribution < -0.4 is 0 Å². The number of carbonyl (C=O) groups excluding carboxylic acids is 1. The van der Waals surface area contributed by atoms with Crippen molar-refractivity contribution in [1.82, 2.24) is 14.9 Å². The number of nitrogens with zero attached hydrogens (tertiary/aromatic N) is 2. The summed E-state index contributed by atoms with van der Waals surface area (Å²) < 4.78 is 0. The first kappa shape index (κ1) is 19.2. The number of hydrogen-bond donors (Lipinski definition) is 2. The fourth-order valence-electron chi connectivity index (χ4n) is 3.62. The highest BCUT2D eigenvalue weighted by atomic mass is 16.7. The number of H-pyrrole nitrogens is 1. The quantitative estimate of drug-likeness (QED) is 0.860. The number of fused-ring (bicyclic) bond motifs is 1. The van der Waals surface area contributed by atoms with Gasteiger partial charge in [0.1, 0.15) is 6.04 Å². The first-order chi connectivity index (χ1) is 12.8. The number of carbonyl (C=O) groups is 2. The number of aromatic amines is 1. The smallest absolute Gasteiger partial charge is 0.408 e. The van der Waals surface area contributed by atoms with E-state index in [4.69, 9.17) is 4.84 Å². The monoisotopic (exact) mass is 373 g/mol. The predicted molar refractivity (Wildman–Crippen MR) is 102 cm³/mol. The Morgan fingerprint density at radius 1 is 1.30 bits per heavy atom. The number of hydroxylamine groups is 2. The van der Waals surface area contributed by atoms with Crippen molar-refractivity contribution in [2.75, 3.05) is 13.2 Å². The molecule has 3 rings (SSSR count). The van der Waals surface area contributed by atoms with Gasteiger partial charge in [-0.05, 0) is 45.2 Å². The molecule has 1 aliphatic heterocycles. The van der Waals surface area contributed by atoms with Crippen LogP contribution in [0.15, 0.2) is 30.5 Å². The lowest BCUT2D eigenvalue weighted by Crippen LogP contribution is -2.58. The molecule has 1 aromatic heterocycles. The highest BCUT2D eigenvalue weighted by molar-refractivity contribution is 5.88. The van der Waals surface area contributed by atoms with Crippen LogP contribution in [0.2, 0.25) is 0 Å². The molecule has 0 saturated carbocycles. The maximum absolute atomic E-state index is 13.2. The Labute approximate surface area is 158 Å². The van der Waals surface area contributed by atoms with Crippen LogP contribution in [-0.2, 0) is 16.1 Å². The van der Waals surface area contributed by atoms with Crippen LogP contribution in [0, 0.1) is 0 Å². The average Bonchev–Trinajstić information content (AvgIpc) is 3.03. The van der Waals surface area contributed by atoms with E-state index in [0.29, 0.717) is 13.2 Å². The zero-order chi connectivity index (χ0) is 19.6. The molecular weight excluding hydrogens is 346 g/mol. The molecule has 2 N–H and O–H groups in total. The number of aromatic nitrogens is 1. The first-order valence-corrected chi connectivity index (χ1v) is 9.30. The second-order valence-corrected chi connectivity index (χ2v) is 7.88. The van der Waals surface area contributed by atoms with E-state index in [1.54, 1.807) is 20.8 Å². The van der Waals surface area contributed by atoms with Crippen LogP contribution >= 0.6 is 0 Å². The second-order valence-electron chi connectivity index (χ2n) is 7.88. The summed E-state index contributed by atoms with van der Waals surface area (Å²) in [6.45, 7) is 6.37. The standard InChI is InChI=1S/C20H27N3O4/c1-20(2,3)23(19(25)26)17(18(24)22-10-6-7-11-27-22)12-14-13-21-16-9-5-4-8-15(14)16/h4-5,8-9,13,17,21H,6-7,10-12H2,1-3H3,(H,25,26)/t17-/m0/s1. The van der Waals surface area contributed by atoms with Crippen LogP contribution in [0.4, 0.5) is 4.79 Å². The van der Waals surface area contributed by atoms with Gasteiger partial charge in [0.2, 0.25) is 0 Å². The molecule has 27 heavy (non-hydrogen) atoms. The lowest BCUT2D eigenvalue weighted by atomic mass is 9.97. The maximum Gasteiger partial charge on any atom is 0.408 e. The summed E-state index contributed by atoms with van der Waals surface area (Å²) in [7, 11) is 0. The van der Waals surface area contributed by atoms with Crippen molar-refractivity contribution in [2.24, 2.45) is 0 Å². The Morgan fingerprint density at radius 2 is 2.04 bits per heavy atom. The summed E-state index contributed by atoms with van der Waals surface area (Å²) >= 11 is 0. The number of hydrogen-bond acceptors (Lipinski definition) is 3. The molecular formula is C20H27N3O4. The van der Waals surface area contributed by atoms with Gasteiger partial charge in [0, 0.05) is 35.6 Å². The minimum absolute atomic E-state index is 0.284. The van der Waals surface area contributed by atoms with Gasteiger partial charge < -0.3 is 10.1 Å². The first-order valence-electron chi connectivity index (χ1n) is 9.30. The molecule has 1 atom stereocenters. The van der Waals surface area contributed by atoms with Gasteiger partial charge in [0.15, 0.2) is 0 Å². The lowest BCUT2D eigenvalue weighted by Gasteiger charge is -2.41. The molecule has 0 unspecified atom stereocenters. The third-order valence-corrected chi connectivity index (χ3v) is 4.86. The number of rotatable bonds is 4. The van der Waals surface area contributed by atoms with Crippen LogP contribution in [0.1, 0.15) is 39.2 Å². The fourth-order valence-corrected chi connectivity index (χ4v) is 3.62.